The molecule has 3 aliphatic rings. The van der Waals surface area contributed by atoms with Crippen LogP contribution in [-0.4, -0.2) is 88.2 Å². The number of carbonyl (C=O) groups excluding carboxylic acids is 2. The number of nitrogens with zero attached hydrogens (tertiary/aromatic N) is 2. The zero-order valence-electron chi connectivity index (χ0n) is 19.7. The number of piperidine rings is 1. The van der Waals surface area contributed by atoms with Crippen LogP contribution in [-0.2, 0) is 14.4 Å². The van der Waals surface area contributed by atoms with Gasteiger partial charge in [-0.15, -0.1) is 0 Å². The number of rotatable bonds is 8. The molecule has 186 valence electrons. The number of carboxylic acid groups (broad SMARTS) is 2. The van der Waals surface area contributed by atoms with Gasteiger partial charge in [0.15, 0.2) is 0 Å². The lowest BCUT2D eigenvalue weighted by Crippen LogP contribution is -2.59. The van der Waals surface area contributed by atoms with Crippen molar-refractivity contribution in [2.24, 2.45) is 11.8 Å². The summed E-state index contributed by atoms with van der Waals surface area (Å²) in [6, 6.07) is -3.31. The minimum atomic E-state index is -1.07. The molecule has 0 aromatic carbocycles. The van der Waals surface area contributed by atoms with Crippen LogP contribution in [0.1, 0.15) is 64.7 Å². The van der Waals surface area contributed by atoms with Crippen LogP contribution in [0.25, 0.3) is 0 Å². The van der Waals surface area contributed by atoms with E-state index in [0.29, 0.717) is 31.7 Å². The van der Waals surface area contributed by atoms with Crippen molar-refractivity contribution in [2.75, 3.05) is 20.1 Å². The van der Waals surface area contributed by atoms with Crippen molar-refractivity contribution in [3.05, 3.63) is 0 Å². The fourth-order valence-electron chi connectivity index (χ4n) is 5.83. The van der Waals surface area contributed by atoms with Crippen LogP contribution in [0.2, 0.25) is 0 Å². The smallest absolute Gasteiger partial charge is 0.326 e. The van der Waals surface area contributed by atoms with Crippen LogP contribution >= 0.6 is 0 Å². The highest BCUT2D eigenvalue weighted by molar-refractivity contribution is 5.88. The van der Waals surface area contributed by atoms with Crippen LogP contribution in [0.5, 0.6) is 0 Å². The van der Waals surface area contributed by atoms with Crippen molar-refractivity contribution in [3.8, 4) is 0 Å². The average Bonchev–Trinajstić information content (AvgIpc) is 3.20. The lowest BCUT2D eigenvalue weighted by molar-refractivity contribution is -0.151. The van der Waals surface area contributed by atoms with Crippen molar-refractivity contribution in [1.82, 2.24) is 20.4 Å². The first-order valence-electron chi connectivity index (χ1n) is 12.2. The number of hydrogen-bond donors (Lipinski definition) is 4. The number of fused-ring (bicyclic) bond motifs is 1. The Morgan fingerprint density at radius 1 is 1.06 bits per heavy atom. The third kappa shape index (κ3) is 5.96. The fourth-order valence-corrected chi connectivity index (χ4v) is 5.83. The van der Waals surface area contributed by atoms with E-state index in [1.165, 1.54) is 31.2 Å². The second kappa shape index (κ2) is 11.2. The number of carbonyl (C=O) groups is 4. The Hall–Kier alpha value is -2.36. The fraction of sp³-hybridized carbons (Fsp3) is 0.826. The summed E-state index contributed by atoms with van der Waals surface area (Å²) < 4.78 is 0. The third-order valence-corrected chi connectivity index (χ3v) is 7.69. The molecule has 3 rings (SSSR count). The van der Waals surface area contributed by atoms with Gasteiger partial charge in [-0.05, 0) is 44.4 Å². The molecule has 3 fully saturated rings. The van der Waals surface area contributed by atoms with E-state index in [-0.39, 0.29) is 24.5 Å². The Kier molecular flexibility index (Phi) is 8.56. The predicted octanol–water partition coefficient (Wildman–Crippen LogP) is 1.49. The van der Waals surface area contributed by atoms with Crippen LogP contribution in [0.15, 0.2) is 0 Å². The van der Waals surface area contributed by atoms with E-state index in [1.54, 1.807) is 11.8 Å². The van der Waals surface area contributed by atoms with Gasteiger partial charge in [0.2, 0.25) is 5.91 Å². The maximum atomic E-state index is 13.4. The number of urea groups is 1. The normalized spacial score (nSPS) is 27.5. The second-order valence-corrected chi connectivity index (χ2v) is 9.81. The maximum Gasteiger partial charge on any atom is 0.326 e. The Balaban J connectivity index is 1.67. The molecule has 0 spiro atoms. The Morgan fingerprint density at radius 2 is 1.76 bits per heavy atom. The van der Waals surface area contributed by atoms with Gasteiger partial charge in [0.05, 0.1) is 12.1 Å². The highest BCUT2D eigenvalue weighted by Crippen LogP contribution is 2.36. The Labute approximate surface area is 195 Å². The highest BCUT2D eigenvalue weighted by Gasteiger charge is 2.50. The molecule has 10 heteroatoms. The molecule has 4 unspecified atom stereocenters. The molecule has 2 saturated heterocycles. The van der Waals surface area contributed by atoms with Gasteiger partial charge in [0.25, 0.3) is 0 Å². The molecule has 0 aromatic rings. The summed E-state index contributed by atoms with van der Waals surface area (Å²) in [6.07, 6.45) is 8.09. The van der Waals surface area contributed by atoms with Crippen molar-refractivity contribution in [1.29, 1.82) is 0 Å². The number of likely N-dealkylation sites (tertiary alicyclic amines) is 2. The van der Waals surface area contributed by atoms with E-state index >= 15 is 0 Å². The van der Waals surface area contributed by atoms with Gasteiger partial charge in [-0.2, -0.15) is 0 Å². The van der Waals surface area contributed by atoms with Gasteiger partial charge in [0.1, 0.15) is 12.1 Å². The Morgan fingerprint density at radius 3 is 2.36 bits per heavy atom. The molecule has 0 aromatic heterocycles. The van der Waals surface area contributed by atoms with Crippen molar-refractivity contribution in [3.63, 3.8) is 0 Å². The van der Waals surface area contributed by atoms with E-state index < -0.39 is 36.0 Å². The van der Waals surface area contributed by atoms with Gasteiger partial charge >= 0.3 is 18.0 Å². The second-order valence-electron chi connectivity index (χ2n) is 9.81. The summed E-state index contributed by atoms with van der Waals surface area (Å²) in [6.45, 7) is 2.40. The number of amides is 3. The number of carboxylic acids is 2. The first-order valence-corrected chi connectivity index (χ1v) is 12.2. The minimum absolute atomic E-state index is 0.00438. The first-order chi connectivity index (χ1) is 15.7. The standard InChI is InChI=1S/C23H38N4O6/c1-14(25-17(21(29)30)9-8-15-6-4-3-5-7-15)20(28)27-18(22(31)32)12-16-10-11-26(13-19(16)27)23(33)24-2/h14-19,25H,3-13H2,1-2H3,(H,24,33)(H,29,30)(H,31,32)/t14-,16?,17?,18?,19?/m0/s1. The maximum absolute atomic E-state index is 13.4. The molecular formula is C23H38N4O6. The molecule has 3 amide bonds. The van der Waals surface area contributed by atoms with E-state index in [2.05, 4.69) is 10.6 Å². The lowest BCUT2D eigenvalue weighted by Gasteiger charge is -2.39. The summed E-state index contributed by atoms with van der Waals surface area (Å²) in [4.78, 5) is 52.4. The van der Waals surface area contributed by atoms with Gasteiger partial charge in [-0.3, -0.25) is 14.9 Å². The molecule has 0 radical (unpaired) electrons. The van der Waals surface area contributed by atoms with E-state index in [0.717, 1.165) is 19.3 Å². The molecule has 0 bridgehead atoms. The summed E-state index contributed by atoms with van der Waals surface area (Å²) >= 11 is 0. The van der Waals surface area contributed by atoms with Crippen LogP contribution in [0, 0.1) is 11.8 Å². The number of hydrogen-bond acceptors (Lipinski definition) is 5. The van der Waals surface area contributed by atoms with E-state index in [4.69, 9.17) is 0 Å². The summed E-state index contributed by atoms with van der Waals surface area (Å²) in [7, 11) is 1.54. The van der Waals surface area contributed by atoms with Crippen LogP contribution in [0.3, 0.4) is 0 Å². The molecule has 1 saturated carbocycles. The predicted molar refractivity (Wildman–Crippen MR) is 121 cm³/mol. The molecular weight excluding hydrogens is 428 g/mol. The van der Waals surface area contributed by atoms with Gasteiger partial charge in [-0.25, -0.2) is 9.59 Å². The first kappa shape index (κ1) is 25.3. The number of nitrogens with one attached hydrogen (secondary N) is 2. The van der Waals surface area contributed by atoms with Crippen LogP contribution in [0.4, 0.5) is 4.79 Å². The molecule has 10 nitrogen and oxygen atoms in total. The molecule has 33 heavy (non-hydrogen) atoms. The summed E-state index contributed by atoms with van der Waals surface area (Å²) in [5.41, 5.74) is 0. The molecule has 1 aliphatic carbocycles. The zero-order chi connectivity index (χ0) is 24.1. The molecule has 2 heterocycles. The molecule has 2 aliphatic heterocycles. The van der Waals surface area contributed by atoms with Gasteiger partial charge in [-0.1, -0.05) is 32.1 Å². The summed E-state index contributed by atoms with van der Waals surface area (Å²) in [5.74, 6) is -1.95. The van der Waals surface area contributed by atoms with E-state index in [9.17, 15) is 29.4 Å². The average molecular weight is 467 g/mol. The highest BCUT2D eigenvalue weighted by atomic mass is 16.4. The number of aliphatic carboxylic acids is 2. The van der Waals surface area contributed by atoms with Crippen molar-refractivity contribution < 1.29 is 29.4 Å². The van der Waals surface area contributed by atoms with E-state index in [1.807, 2.05) is 0 Å². The minimum Gasteiger partial charge on any atom is -0.480 e. The monoisotopic (exact) mass is 466 g/mol. The summed E-state index contributed by atoms with van der Waals surface area (Å²) in [5, 5.41) is 25.0. The van der Waals surface area contributed by atoms with Gasteiger partial charge in [0, 0.05) is 20.1 Å². The van der Waals surface area contributed by atoms with Crippen LogP contribution < -0.4 is 10.6 Å². The third-order valence-electron chi connectivity index (χ3n) is 7.69. The molecule has 4 N–H and O–H groups in total. The Bertz CT molecular complexity index is 740. The largest absolute Gasteiger partial charge is 0.480 e. The zero-order valence-corrected chi connectivity index (χ0v) is 19.7. The van der Waals surface area contributed by atoms with Crippen molar-refractivity contribution in [2.45, 2.75) is 88.9 Å². The van der Waals surface area contributed by atoms with Gasteiger partial charge < -0.3 is 25.3 Å². The SMILES string of the molecule is CNC(=O)N1CCC2CC(C(=O)O)N(C(=O)[C@H](C)NC(CCC3CCCCC3)C(=O)O)C2C1. The quantitative estimate of drug-likeness (QED) is 0.425. The van der Waals surface area contributed by atoms with Crippen molar-refractivity contribution >= 4 is 23.9 Å². The topological polar surface area (TPSA) is 139 Å². The lowest BCUT2D eigenvalue weighted by atomic mass is 9.85. The molecule has 5 atom stereocenters.